The van der Waals surface area contributed by atoms with Gasteiger partial charge in [0.15, 0.2) is 0 Å². The van der Waals surface area contributed by atoms with Crippen molar-refractivity contribution in [2.45, 2.75) is 39.3 Å². The molecule has 0 spiro atoms. The molecule has 0 radical (unpaired) electrons. The standard InChI is InChI=1S/C12H19N3/c1-5-7-12(6-2)13-8-11-9-15(4)14-10(11)3/h2,9,12-13H,5,7-8H2,1,3-4H3. The number of nitrogens with one attached hydrogen (secondary N) is 1. The van der Waals surface area contributed by atoms with Gasteiger partial charge >= 0.3 is 0 Å². The van der Waals surface area contributed by atoms with Crippen molar-refractivity contribution in [3.63, 3.8) is 0 Å². The maximum atomic E-state index is 5.43. The van der Waals surface area contributed by atoms with Crippen LogP contribution in [-0.4, -0.2) is 15.8 Å². The van der Waals surface area contributed by atoms with E-state index in [1.807, 2.05) is 24.9 Å². The number of aromatic nitrogens is 2. The van der Waals surface area contributed by atoms with Gasteiger partial charge in [0.25, 0.3) is 0 Å². The summed E-state index contributed by atoms with van der Waals surface area (Å²) < 4.78 is 1.83. The van der Waals surface area contributed by atoms with Crippen LogP contribution in [0.2, 0.25) is 0 Å². The number of terminal acetylenes is 1. The molecule has 0 bridgehead atoms. The minimum absolute atomic E-state index is 0.176. The molecule has 0 fully saturated rings. The first-order chi connectivity index (χ1) is 7.17. The first kappa shape index (κ1) is 11.8. The average molecular weight is 205 g/mol. The minimum Gasteiger partial charge on any atom is -0.299 e. The van der Waals surface area contributed by atoms with Crippen LogP contribution in [0.25, 0.3) is 0 Å². The molecule has 3 nitrogen and oxygen atoms in total. The van der Waals surface area contributed by atoms with Crippen molar-refractivity contribution in [2.24, 2.45) is 7.05 Å². The van der Waals surface area contributed by atoms with E-state index in [0.29, 0.717) is 0 Å². The molecule has 0 aliphatic rings. The molecule has 0 amide bonds. The molecule has 82 valence electrons. The molecule has 1 heterocycles. The summed E-state index contributed by atoms with van der Waals surface area (Å²) >= 11 is 0. The number of hydrogen-bond acceptors (Lipinski definition) is 2. The van der Waals surface area contributed by atoms with Crippen LogP contribution >= 0.6 is 0 Å². The van der Waals surface area contributed by atoms with Crippen molar-refractivity contribution in [3.05, 3.63) is 17.5 Å². The van der Waals surface area contributed by atoms with Gasteiger partial charge < -0.3 is 0 Å². The lowest BCUT2D eigenvalue weighted by Crippen LogP contribution is -2.26. The lowest BCUT2D eigenvalue weighted by atomic mass is 10.1. The van der Waals surface area contributed by atoms with Gasteiger partial charge in [-0.2, -0.15) is 5.10 Å². The summed E-state index contributed by atoms with van der Waals surface area (Å²) in [6, 6.07) is 0.176. The van der Waals surface area contributed by atoms with E-state index in [0.717, 1.165) is 25.1 Å². The summed E-state index contributed by atoms with van der Waals surface area (Å²) in [5.74, 6) is 2.76. The number of rotatable bonds is 5. The summed E-state index contributed by atoms with van der Waals surface area (Å²) in [4.78, 5) is 0. The normalized spacial score (nSPS) is 12.4. The molecular weight excluding hydrogens is 186 g/mol. The molecule has 1 unspecified atom stereocenters. The van der Waals surface area contributed by atoms with Crippen molar-refractivity contribution in [1.82, 2.24) is 15.1 Å². The highest BCUT2D eigenvalue weighted by Crippen LogP contribution is 2.05. The summed E-state index contributed by atoms with van der Waals surface area (Å²) in [7, 11) is 1.93. The van der Waals surface area contributed by atoms with Crippen LogP contribution in [0.1, 0.15) is 31.0 Å². The third-order valence-electron chi connectivity index (χ3n) is 2.43. The second kappa shape index (κ2) is 5.57. The van der Waals surface area contributed by atoms with Crippen LogP contribution in [0.3, 0.4) is 0 Å². The quantitative estimate of drug-likeness (QED) is 0.740. The summed E-state index contributed by atoms with van der Waals surface area (Å²) in [5, 5.41) is 7.64. The highest BCUT2D eigenvalue weighted by atomic mass is 15.2. The van der Waals surface area contributed by atoms with Crippen LogP contribution in [0, 0.1) is 19.3 Å². The van der Waals surface area contributed by atoms with Crippen molar-refractivity contribution in [3.8, 4) is 12.3 Å². The molecule has 15 heavy (non-hydrogen) atoms. The van der Waals surface area contributed by atoms with Gasteiger partial charge in [0, 0.05) is 25.4 Å². The van der Waals surface area contributed by atoms with E-state index in [-0.39, 0.29) is 6.04 Å². The maximum Gasteiger partial charge on any atom is 0.0689 e. The SMILES string of the molecule is C#CC(CCC)NCc1cn(C)nc1C. The Labute approximate surface area is 91.9 Å². The van der Waals surface area contributed by atoms with E-state index in [4.69, 9.17) is 6.42 Å². The van der Waals surface area contributed by atoms with Gasteiger partial charge in [0.1, 0.15) is 0 Å². The van der Waals surface area contributed by atoms with Gasteiger partial charge in [-0.25, -0.2) is 0 Å². The van der Waals surface area contributed by atoms with Crippen molar-refractivity contribution < 1.29 is 0 Å². The van der Waals surface area contributed by atoms with Crippen LogP contribution in [-0.2, 0) is 13.6 Å². The molecule has 0 aliphatic carbocycles. The molecule has 0 aliphatic heterocycles. The molecule has 0 saturated carbocycles. The zero-order chi connectivity index (χ0) is 11.3. The Morgan fingerprint density at radius 2 is 2.40 bits per heavy atom. The zero-order valence-corrected chi connectivity index (χ0v) is 9.75. The highest BCUT2D eigenvalue weighted by Gasteiger charge is 2.06. The third kappa shape index (κ3) is 3.41. The van der Waals surface area contributed by atoms with Gasteiger partial charge in [-0.05, 0) is 13.3 Å². The molecule has 3 heteroatoms. The molecule has 1 N–H and O–H groups in total. The van der Waals surface area contributed by atoms with E-state index in [1.54, 1.807) is 0 Å². The summed E-state index contributed by atoms with van der Waals surface area (Å²) in [6.07, 6.45) is 9.59. The number of aryl methyl sites for hydroxylation is 2. The van der Waals surface area contributed by atoms with Crippen molar-refractivity contribution in [1.29, 1.82) is 0 Å². The second-order valence-electron chi connectivity index (χ2n) is 3.80. The Bertz CT molecular complexity index is 346. The fourth-order valence-corrected chi connectivity index (χ4v) is 1.59. The first-order valence-electron chi connectivity index (χ1n) is 5.36. The first-order valence-corrected chi connectivity index (χ1v) is 5.36. The Kier molecular flexibility index (Phi) is 4.38. The van der Waals surface area contributed by atoms with Crippen LogP contribution in [0.4, 0.5) is 0 Å². The lowest BCUT2D eigenvalue weighted by molar-refractivity contribution is 0.562. The van der Waals surface area contributed by atoms with E-state index >= 15 is 0 Å². The van der Waals surface area contributed by atoms with Gasteiger partial charge in [-0.1, -0.05) is 19.3 Å². The maximum absolute atomic E-state index is 5.43. The number of nitrogens with zero attached hydrogens (tertiary/aromatic N) is 2. The minimum atomic E-state index is 0.176. The Morgan fingerprint density at radius 1 is 1.67 bits per heavy atom. The largest absolute Gasteiger partial charge is 0.299 e. The van der Waals surface area contributed by atoms with E-state index in [2.05, 4.69) is 23.3 Å². The number of hydrogen-bond donors (Lipinski definition) is 1. The van der Waals surface area contributed by atoms with Crippen molar-refractivity contribution in [2.75, 3.05) is 0 Å². The van der Waals surface area contributed by atoms with Crippen LogP contribution in [0.5, 0.6) is 0 Å². The van der Waals surface area contributed by atoms with E-state index < -0.39 is 0 Å². The fraction of sp³-hybridized carbons (Fsp3) is 0.583. The van der Waals surface area contributed by atoms with Gasteiger partial charge in [0.2, 0.25) is 0 Å². The monoisotopic (exact) mass is 205 g/mol. The lowest BCUT2D eigenvalue weighted by Gasteiger charge is -2.10. The highest BCUT2D eigenvalue weighted by molar-refractivity contribution is 5.15. The Morgan fingerprint density at radius 3 is 2.87 bits per heavy atom. The predicted molar refractivity (Wildman–Crippen MR) is 62.3 cm³/mol. The van der Waals surface area contributed by atoms with E-state index in [1.165, 1.54) is 5.56 Å². The average Bonchev–Trinajstić information content (AvgIpc) is 2.52. The van der Waals surface area contributed by atoms with Crippen LogP contribution < -0.4 is 5.32 Å². The van der Waals surface area contributed by atoms with E-state index in [9.17, 15) is 0 Å². The molecule has 1 atom stereocenters. The van der Waals surface area contributed by atoms with Crippen molar-refractivity contribution >= 4 is 0 Å². The summed E-state index contributed by atoms with van der Waals surface area (Å²) in [6.45, 7) is 4.96. The molecule has 1 rings (SSSR count). The second-order valence-corrected chi connectivity index (χ2v) is 3.80. The molecular formula is C12H19N3. The third-order valence-corrected chi connectivity index (χ3v) is 2.43. The molecule has 0 saturated heterocycles. The van der Waals surface area contributed by atoms with Gasteiger partial charge in [-0.3, -0.25) is 10.00 Å². The molecule has 0 aromatic carbocycles. The smallest absolute Gasteiger partial charge is 0.0689 e. The van der Waals surface area contributed by atoms with Gasteiger partial charge in [0.05, 0.1) is 11.7 Å². The van der Waals surface area contributed by atoms with Gasteiger partial charge in [-0.15, -0.1) is 6.42 Å². The topological polar surface area (TPSA) is 29.9 Å². The summed E-state index contributed by atoms with van der Waals surface area (Å²) in [5.41, 5.74) is 2.28. The molecule has 1 aromatic heterocycles. The molecule has 1 aromatic rings. The zero-order valence-electron chi connectivity index (χ0n) is 9.75. The predicted octanol–water partition coefficient (Wildman–Crippen LogP) is 1.62. The Hall–Kier alpha value is -1.27. The Balaban J connectivity index is 2.49. The fourth-order valence-electron chi connectivity index (χ4n) is 1.59. The van der Waals surface area contributed by atoms with Crippen LogP contribution in [0.15, 0.2) is 6.20 Å².